The van der Waals surface area contributed by atoms with Gasteiger partial charge in [0.15, 0.2) is 5.78 Å². The van der Waals surface area contributed by atoms with Crippen LogP contribution in [0.2, 0.25) is 0 Å². The first kappa shape index (κ1) is 17.2. The van der Waals surface area contributed by atoms with Crippen LogP contribution in [0, 0.1) is 5.92 Å². The minimum atomic E-state index is -0.863. The molecule has 0 atom stereocenters. The Hall–Kier alpha value is -2.19. The fourth-order valence-corrected chi connectivity index (χ4v) is 4.64. The van der Waals surface area contributed by atoms with Crippen molar-refractivity contribution in [2.45, 2.75) is 30.0 Å². The van der Waals surface area contributed by atoms with Crippen LogP contribution < -0.4 is 0 Å². The van der Waals surface area contributed by atoms with Crippen molar-refractivity contribution in [2.24, 2.45) is 5.92 Å². The SMILES string of the molecule is O=C(O)CSc1cnc(CC(=O)c2cn(CC3CC3)c3cnccc23)s1. The first-order valence-corrected chi connectivity index (χ1v) is 10.2. The molecular formula is C18H17N3O3S2. The highest BCUT2D eigenvalue weighted by Gasteiger charge is 2.24. The molecule has 0 spiro atoms. The van der Waals surface area contributed by atoms with E-state index in [1.807, 2.05) is 18.5 Å². The number of nitrogens with zero attached hydrogens (tertiary/aromatic N) is 3. The molecule has 1 N–H and O–H groups in total. The molecule has 3 heterocycles. The Morgan fingerprint density at radius 2 is 2.19 bits per heavy atom. The van der Waals surface area contributed by atoms with Gasteiger partial charge in [0, 0.05) is 29.9 Å². The molecule has 1 fully saturated rings. The molecular weight excluding hydrogens is 370 g/mol. The van der Waals surface area contributed by atoms with Gasteiger partial charge in [-0.15, -0.1) is 23.1 Å². The van der Waals surface area contributed by atoms with Crippen LogP contribution in [0.5, 0.6) is 0 Å². The van der Waals surface area contributed by atoms with Gasteiger partial charge in [0.2, 0.25) is 0 Å². The monoisotopic (exact) mass is 387 g/mol. The Morgan fingerprint density at radius 1 is 1.35 bits per heavy atom. The van der Waals surface area contributed by atoms with Gasteiger partial charge in [0.05, 0.1) is 34.3 Å². The molecule has 4 rings (SSSR count). The van der Waals surface area contributed by atoms with Crippen LogP contribution in [-0.2, 0) is 17.8 Å². The summed E-state index contributed by atoms with van der Waals surface area (Å²) >= 11 is 2.60. The van der Waals surface area contributed by atoms with Gasteiger partial charge in [-0.1, -0.05) is 0 Å². The predicted molar refractivity (Wildman–Crippen MR) is 101 cm³/mol. The van der Waals surface area contributed by atoms with Crippen LogP contribution in [0.4, 0.5) is 0 Å². The molecule has 0 unspecified atom stereocenters. The van der Waals surface area contributed by atoms with E-state index in [1.54, 1.807) is 12.4 Å². The number of pyridine rings is 1. The lowest BCUT2D eigenvalue weighted by atomic mass is 10.1. The zero-order valence-electron chi connectivity index (χ0n) is 13.9. The fourth-order valence-electron chi connectivity index (χ4n) is 2.90. The molecule has 0 saturated heterocycles. The zero-order chi connectivity index (χ0) is 18.1. The molecule has 0 radical (unpaired) electrons. The summed E-state index contributed by atoms with van der Waals surface area (Å²) in [5, 5.41) is 10.4. The van der Waals surface area contributed by atoms with Crippen LogP contribution in [0.1, 0.15) is 28.2 Å². The highest BCUT2D eigenvalue weighted by atomic mass is 32.2. The summed E-state index contributed by atoms with van der Waals surface area (Å²) in [6, 6.07) is 1.89. The Labute approximate surface area is 158 Å². The van der Waals surface area contributed by atoms with E-state index in [4.69, 9.17) is 5.11 Å². The number of ketones is 1. The number of carboxylic acid groups (broad SMARTS) is 1. The van der Waals surface area contributed by atoms with Gasteiger partial charge >= 0.3 is 5.97 Å². The van der Waals surface area contributed by atoms with Gasteiger partial charge in [-0.05, 0) is 24.8 Å². The van der Waals surface area contributed by atoms with Crippen molar-refractivity contribution in [3.05, 3.63) is 41.4 Å². The van der Waals surface area contributed by atoms with E-state index in [1.165, 1.54) is 35.9 Å². The van der Waals surface area contributed by atoms with Crippen molar-refractivity contribution in [2.75, 3.05) is 5.75 Å². The van der Waals surface area contributed by atoms with Gasteiger partial charge in [0.1, 0.15) is 5.01 Å². The van der Waals surface area contributed by atoms with E-state index in [-0.39, 0.29) is 18.0 Å². The molecule has 8 heteroatoms. The van der Waals surface area contributed by atoms with Gasteiger partial charge in [0.25, 0.3) is 0 Å². The number of rotatable bonds is 8. The van der Waals surface area contributed by atoms with E-state index in [0.29, 0.717) is 16.5 Å². The van der Waals surface area contributed by atoms with Crippen LogP contribution in [-0.4, -0.2) is 37.1 Å². The second-order valence-electron chi connectivity index (χ2n) is 6.39. The average molecular weight is 387 g/mol. The Bertz CT molecular complexity index is 975. The van der Waals surface area contributed by atoms with Crippen molar-refractivity contribution in [3.63, 3.8) is 0 Å². The third-order valence-electron chi connectivity index (χ3n) is 4.32. The Balaban J connectivity index is 1.53. The average Bonchev–Trinajstić information content (AvgIpc) is 3.20. The number of carbonyl (C=O) groups is 2. The Morgan fingerprint density at radius 3 is 2.96 bits per heavy atom. The molecule has 1 aliphatic rings. The highest BCUT2D eigenvalue weighted by Crippen LogP contribution is 2.33. The molecule has 1 saturated carbocycles. The zero-order valence-corrected chi connectivity index (χ0v) is 15.6. The predicted octanol–water partition coefficient (Wildman–Crippen LogP) is 3.50. The van der Waals surface area contributed by atoms with E-state index in [0.717, 1.165) is 21.7 Å². The standard InChI is InChI=1S/C18H17N3O3S2/c22-15(5-16-20-7-18(26-16)25-10-17(23)24)13-9-21(8-11-1-2-11)14-6-19-4-3-12(13)14/h3-4,6-7,9,11H,1-2,5,8,10H2,(H,23,24). The summed E-state index contributed by atoms with van der Waals surface area (Å²) in [5.74, 6) is -0.128. The summed E-state index contributed by atoms with van der Waals surface area (Å²) < 4.78 is 2.96. The number of carbonyl (C=O) groups excluding carboxylic acids is 1. The molecule has 3 aromatic rings. The van der Waals surface area contributed by atoms with Crippen LogP contribution in [0.15, 0.2) is 35.1 Å². The third-order valence-corrected chi connectivity index (χ3v) is 6.50. The van der Waals surface area contributed by atoms with Crippen LogP contribution in [0.25, 0.3) is 10.9 Å². The lowest BCUT2D eigenvalue weighted by molar-refractivity contribution is -0.133. The normalized spacial score (nSPS) is 14.0. The number of carboxylic acids is 1. The second kappa shape index (κ2) is 7.20. The molecule has 26 heavy (non-hydrogen) atoms. The van der Waals surface area contributed by atoms with Gasteiger partial charge in [-0.3, -0.25) is 14.6 Å². The lowest BCUT2D eigenvalue weighted by Gasteiger charge is -2.01. The number of aromatic nitrogens is 3. The van der Waals surface area contributed by atoms with Crippen LogP contribution in [0.3, 0.4) is 0 Å². The van der Waals surface area contributed by atoms with Gasteiger partial charge < -0.3 is 9.67 Å². The summed E-state index contributed by atoms with van der Waals surface area (Å²) in [4.78, 5) is 32.0. The molecule has 0 aromatic carbocycles. The number of fused-ring (bicyclic) bond motifs is 1. The largest absolute Gasteiger partial charge is 0.481 e. The molecule has 0 bridgehead atoms. The Kier molecular flexibility index (Phi) is 4.78. The molecule has 1 aliphatic carbocycles. The summed E-state index contributed by atoms with van der Waals surface area (Å²) in [7, 11) is 0. The topological polar surface area (TPSA) is 85.1 Å². The smallest absolute Gasteiger partial charge is 0.313 e. The number of Topliss-reactive ketones (excluding diaryl/α,β-unsaturated/α-hetero) is 1. The quantitative estimate of drug-likeness (QED) is 0.470. The highest BCUT2D eigenvalue weighted by molar-refractivity contribution is 8.01. The number of hydrogen-bond acceptors (Lipinski definition) is 6. The lowest BCUT2D eigenvalue weighted by Crippen LogP contribution is -2.03. The van der Waals surface area contributed by atoms with E-state index in [2.05, 4.69) is 14.5 Å². The first-order valence-electron chi connectivity index (χ1n) is 8.35. The number of aliphatic carboxylic acids is 1. The van der Waals surface area contributed by atoms with Crippen molar-refractivity contribution in [1.82, 2.24) is 14.5 Å². The van der Waals surface area contributed by atoms with E-state index in [9.17, 15) is 9.59 Å². The maximum atomic E-state index is 12.9. The van der Waals surface area contributed by atoms with Gasteiger partial charge in [-0.2, -0.15) is 0 Å². The first-order chi connectivity index (χ1) is 12.6. The van der Waals surface area contributed by atoms with Crippen molar-refractivity contribution >= 4 is 45.8 Å². The molecule has 6 nitrogen and oxygen atoms in total. The maximum absolute atomic E-state index is 12.9. The van der Waals surface area contributed by atoms with Crippen molar-refractivity contribution < 1.29 is 14.7 Å². The molecule has 134 valence electrons. The third kappa shape index (κ3) is 3.81. The minimum absolute atomic E-state index is 0.00274. The summed E-state index contributed by atoms with van der Waals surface area (Å²) in [6.45, 7) is 0.933. The van der Waals surface area contributed by atoms with Crippen molar-refractivity contribution in [1.29, 1.82) is 0 Å². The summed E-state index contributed by atoms with van der Waals surface area (Å²) in [6.07, 6.45) is 9.84. The fraction of sp³-hybridized carbons (Fsp3) is 0.333. The minimum Gasteiger partial charge on any atom is -0.481 e. The number of thiazole rings is 1. The molecule has 3 aromatic heterocycles. The summed E-state index contributed by atoms with van der Waals surface area (Å²) in [5.41, 5.74) is 1.71. The molecule has 0 amide bonds. The van der Waals surface area contributed by atoms with E-state index < -0.39 is 5.97 Å². The second-order valence-corrected chi connectivity index (χ2v) is 8.78. The number of thioether (sulfide) groups is 1. The van der Waals surface area contributed by atoms with E-state index >= 15 is 0 Å². The van der Waals surface area contributed by atoms with Gasteiger partial charge in [-0.25, -0.2) is 4.98 Å². The van der Waals surface area contributed by atoms with Crippen molar-refractivity contribution in [3.8, 4) is 0 Å². The van der Waals surface area contributed by atoms with Crippen LogP contribution >= 0.6 is 23.1 Å². The molecule has 0 aliphatic heterocycles. The maximum Gasteiger partial charge on any atom is 0.313 e. The number of hydrogen-bond donors (Lipinski definition) is 1.